The number of anilines is 1. The maximum absolute atomic E-state index is 12.6. The molecule has 152 valence electrons. The molecule has 4 amide bonds. The SMILES string of the molecule is Cc1ccccc1NC(=O)COC(=O)CN1C(=O)N[C@](C)(CCC(C)C)C1=O. The number of rotatable bonds is 8. The van der Waals surface area contributed by atoms with E-state index in [-0.39, 0.29) is 0 Å². The van der Waals surface area contributed by atoms with Crippen molar-refractivity contribution in [2.75, 3.05) is 18.5 Å². The normalized spacial score (nSPS) is 19.0. The molecule has 1 atom stereocenters. The second kappa shape index (κ2) is 8.86. The molecule has 0 radical (unpaired) electrons. The summed E-state index contributed by atoms with van der Waals surface area (Å²) in [6.07, 6.45) is 1.25. The van der Waals surface area contributed by atoms with Gasteiger partial charge in [-0.25, -0.2) is 4.79 Å². The van der Waals surface area contributed by atoms with E-state index in [4.69, 9.17) is 4.74 Å². The summed E-state index contributed by atoms with van der Waals surface area (Å²) in [6.45, 7) is 6.52. The monoisotopic (exact) mass is 389 g/mol. The standard InChI is InChI=1S/C20H27N3O5/c1-13(2)9-10-20(4)18(26)23(19(27)22-20)11-17(25)28-12-16(24)21-15-8-6-5-7-14(15)3/h5-8,13H,9-12H2,1-4H3,(H,21,24)(H,22,27)/t20-/m1/s1. The number of urea groups is 1. The fraction of sp³-hybridized carbons (Fsp3) is 0.500. The number of hydrogen-bond acceptors (Lipinski definition) is 5. The van der Waals surface area contributed by atoms with Crippen LogP contribution in [-0.2, 0) is 19.1 Å². The first-order chi connectivity index (χ1) is 13.1. The molecule has 0 bridgehead atoms. The zero-order chi connectivity index (χ0) is 20.9. The lowest BCUT2D eigenvalue weighted by atomic mass is 9.92. The maximum Gasteiger partial charge on any atom is 0.326 e. The van der Waals surface area contributed by atoms with E-state index in [9.17, 15) is 19.2 Å². The molecule has 2 N–H and O–H groups in total. The molecule has 1 heterocycles. The van der Waals surface area contributed by atoms with Gasteiger partial charge in [0.2, 0.25) is 0 Å². The lowest BCUT2D eigenvalue weighted by Crippen LogP contribution is -2.44. The fourth-order valence-corrected chi connectivity index (χ4v) is 2.86. The smallest absolute Gasteiger partial charge is 0.326 e. The number of amides is 4. The lowest BCUT2D eigenvalue weighted by Gasteiger charge is -2.22. The van der Waals surface area contributed by atoms with Gasteiger partial charge < -0.3 is 15.4 Å². The van der Waals surface area contributed by atoms with Crippen LogP contribution in [0.15, 0.2) is 24.3 Å². The van der Waals surface area contributed by atoms with Gasteiger partial charge in [-0.15, -0.1) is 0 Å². The molecule has 1 aromatic rings. The van der Waals surface area contributed by atoms with Gasteiger partial charge in [0.1, 0.15) is 12.1 Å². The Kier molecular flexibility index (Phi) is 6.77. The summed E-state index contributed by atoms with van der Waals surface area (Å²) in [5.74, 6) is -1.40. The minimum Gasteiger partial charge on any atom is -0.454 e. The predicted molar refractivity (Wildman–Crippen MR) is 103 cm³/mol. The van der Waals surface area contributed by atoms with Crippen molar-refractivity contribution in [3.8, 4) is 0 Å². The van der Waals surface area contributed by atoms with Crippen molar-refractivity contribution >= 4 is 29.5 Å². The summed E-state index contributed by atoms with van der Waals surface area (Å²) in [5.41, 5.74) is 0.477. The van der Waals surface area contributed by atoms with E-state index in [2.05, 4.69) is 10.6 Å². The molecule has 0 spiro atoms. The molecule has 0 unspecified atom stereocenters. The Bertz CT molecular complexity index is 777. The average Bonchev–Trinajstić information content (AvgIpc) is 2.84. The number of para-hydroxylation sites is 1. The summed E-state index contributed by atoms with van der Waals surface area (Å²) >= 11 is 0. The van der Waals surface area contributed by atoms with Crippen LogP contribution in [-0.4, -0.2) is 47.4 Å². The van der Waals surface area contributed by atoms with Crippen molar-refractivity contribution in [2.45, 2.75) is 46.1 Å². The second-order valence-corrected chi connectivity index (χ2v) is 7.61. The van der Waals surface area contributed by atoms with Crippen LogP contribution in [0.25, 0.3) is 0 Å². The number of nitrogens with zero attached hydrogens (tertiary/aromatic N) is 1. The minimum absolute atomic E-state index is 0.382. The number of imide groups is 1. The summed E-state index contributed by atoms with van der Waals surface area (Å²) in [7, 11) is 0. The van der Waals surface area contributed by atoms with E-state index in [1.165, 1.54) is 0 Å². The van der Waals surface area contributed by atoms with Gasteiger partial charge >= 0.3 is 12.0 Å². The molecule has 1 fully saturated rings. The van der Waals surface area contributed by atoms with Crippen molar-refractivity contribution in [3.05, 3.63) is 29.8 Å². The van der Waals surface area contributed by atoms with Gasteiger partial charge in [-0.1, -0.05) is 32.0 Å². The number of ether oxygens (including phenoxy) is 1. The maximum atomic E-state index is 12.6. The van der Waals surface area contributed by atoms with Gasteiger partial charge in [-0.3, -0.25) is 19.3 Å². The van der Waals surface area contributed by atoms with E-state index < -0.39 is 42.5 Å². The zero-order valence-corrected chi connectivity index (χ0v) is 16.7. The number of carbonyl (C=O) groups is 4. The highest BCUT2D eigenvalue weighted by atomic mass is 16.5. The number of benzene rings is 1. The van der Waals surface area contributed by atoms with Crippen molar-refractivity contribution < 1.29 is 23.9 Å². The number of esters is 1. The molecule has 1 aliphatic heterocycles. The third-order valence-electron chi connectivity index (χ3n) is 4.64. The first-order valence-electron chi connectivity index (χ1n) is 9.27. The lowest BCUT2D eigenvalue weighted by molar-refractivity contribution is -0.150. The second-order valence-electron chi connectivity index (χ2n) is 7.61. The Morgan fingerprint density at radius 1 is 1.25 bits per heavy atom. The Morgan fingerprint density at radius 3 is 2.57 bits per heavy atom. The topological polar surface area (TPSA) is 105 Å². The Balaban J connectivity index is 1.85. The minimum atomic E-state index is -1.02. The highest BCUT2D eigenvalue weighted by Gasteiger charge is 2.48. The number of nitrogens with one attached hydrogen (secondary N) is 2. The third-order valence-corrected chi connectivity index (χ3v) is 4.64. The summed E-state index contributed by atoms with van der Waals surface area (Å²) in [6, 6.07) is 6.58. The van der Waals surface area contributed by atoms with Crippen LogP contribution >= 0.6 is 0 Å². The van der Waals surface area contributed by atoms with Crippen LogP contribution in [0, 0.1) is 12.8 Å². The van der Waals surface area contributed by atoms with Crippen molar-refractivity contribution in [1.82, 2.24) is 10.2 Å². The number of aryl methyl sites for hydroxylation is 1. The molecule has 2 rings (SSSR count). The third kappa shape index (κ3) is 5.31. The molecule has 8 heteroatoms. The molecule has 1 aromatic carbocycles. The molecular formula is C20H27N3O5. The molecular weight excluding hydrogens is 362 g/mol. The molecule has 1 saturated heterocycles. The Morgan fingerprint density at radius 2 is 1.93 bits per heavy atom. The van der Waals surface area contributed by atoms with Gasteiger partial charge in [0.05, 0.1) is 0 Å². The van der Waals surface area contributed by atoms with Crippen LogP contribution in [0.1, 0.15) is 39.2 Å². The van der Waals surface area contributed by atoms with Gasteiger partial charge in [0, 0.05) is 5.69 Å². The van der Waals surface area contributed by atoms with Gasteiger partial charge in [-0.05, 0) is 44.2 Å². The van der Waals surface area contributed by atoms with Gasteiger partial charge in [0.25, 0.3) is 11.8 Å². The number of hydrogen-bond donors (Lipinski definition) is 2. The molecule has 0 saturated carbocycles. The predicted octanol–water partition coefficient (Wildman–Crippen LogP) is 2.22. The summed E-state index contributed by atoms with van der Waals surface area (Å²) in [5, 5.41) is 5.29. The van der Waals surface area contributed by atoms with Gasteiger partial charge in [-0.2, -0.15) is 0 Å². The van der Waals surface area contributed by atoms with Crippen molar-refractivity contribution in [2.24, 2.45) is 5.92 Å². The number of carbonyl (C=O) groups excluding carboxylic acids is 4. The quantitative estimate of drug-likeness (QED) is 0.524. The Hall–Kier alpha value is -2.90. The largest absolute Gasteiger partial charge is 0.454 e. The summed E-state index contributed by atoms with van der Waals surface area (Å²) < 4.78 is 4.92. The molecule has 1 aliphatic rings. The first-order valence-corrected chi connectivity index (χ1v) is 9.27. The average molecular weight is 389 g/mol. The molecule has 28 heavy (non-hydrogen) atoms. The van der Waals surface area contributed by atoms with E-state index in [1.807, 2.05) is 32.9 Å². The molecule has 0 aromatic heterocycles. The zero-order valence-electron chi connectivity index (χ0n) is 16.7. The van der Waals surface area contributed by atoms with Crippen LogP contribution in [0.4, 0.5) is 10.5 Å². The highest BCUT2D eigenvalue weighted by molar-refractivity contribution is 6.08. The first kappa shape index (κ1) is 21.4. The van der Waals surface area contributed by atoms with E-state index in [0.717, 1.165) is 16.9 Å². The van der Waals surface area contributed by atoms with Crippen LogP contribution in [0.2, 0.25) is 0 Å². The van der Waals surface area contributed by atoms with E-state index in [0.29, 0.717) is 18.0 Å². The van der Waals surface area contributed by atoms with Crippen LogP contribution < -0.4 is 10.6 Å². The Labute approximate surface area is 164 Å². The van der Waals surface area contributed by atoms with Crippen LogP contribution in [0.5, 0.6) is 0 Å². The molecule has 0 aliphatic carbocycles. The van der Waals surface area contributed by atoms with Gasteiger partial charge in [0.15, 0.2) is 6.61 Å². The van der Waals surface area contributed by atoms with E-state index >= 15 is 0 Å². The highest BCUT2D eigenvalue weighted by Crippen LogP contribution is 2.24. The fourth-order valence-electron chi connectivity index (χ4n) is 2.86. The van der Waals surface area contributed by atoms with Crippen molar-refractivity contribution in [3.63, 3.8) is 0 Å². The van der Waals surface area contributed by atoms with Crippen molar-refractivity contribution in [1.29, 1.82) is 0 Å². The van der Waals surface area contributed by atoms with Crippen LogP contribution in [0.3, 0.4) is 0 Å². The van der Waals surface area contributed by atoms with E-state index in [1.54, 1.807) is 19.1 Å². The summed E-state index contributed by atoms with van der Waals surface area (Å²) in [4.78, 5) is 49.5. The molecule has 8 nitrogen and oxygen atoms in total.